The third-order valence-corrected chi connectivity index (χ3v) is 10.3. The molecule has 0 radical (unpaired) electrons. The van der Waals surface area contributed by atoms with E-state index in [1.54, 1.807) is 19.1 Å². The zero-order valence-corrected chi connectivity index (χ0v) is 34.9. The molecule has 13 nitrogen and oxygen atoms in total. The van der Waals surface area contributed by atoms with Crippen LogP contribution in [0.25, 0.3) is 32.8 Å². The highest BCUT2D eigenvalue weighted by molar-refractivity contribution is 6.05. The monoisotopic (exact) mass is 797 g/mol. The van der Waals surface area contributed by atoms with Gasteiger partial charge in [-0.1, -0.05) is 54.6 Å². The summed E-state index contributed by atoms with van der Waals surface area (Å²) in [5.74, 6) is 0.402. The lowest BCUT2D eigenvalue weighted by Crippen LogP contribution is -2.36. The number of nitrogens with zero attached hydrogens (tertiary/aromatic N) is 5. The van der Waals surface area contributed by atoms with E-state index in [-0.39, 0.29) is 13.2 Å². The van der Waals surface area contributed by atoms with Crippen molar-refractivity contribution < 1.29 is 38.4 Å². The van der Waals surface area contributed by atoms with Crippen molar-refractivity contribution in [3.8, 4) is 16.9 Å². The van der Waals surface area contributed by atoms with Gasteiger partial charge in [-0.05, 0) is 64.0 Å². The van der Waals surface area contributed by atoms with Gasteiger partial charge in [0.25, 0.3) is 0 Å². The molecule has 1 N–H and O–H groups in total. The van der Waals surface area contributed by atoms with Crippen LogP contribution in [0.15, 0.2) is 60.7 Å². The van der Waals surface area contributed by atoms with E-state index in [2.05, 4.69) is 33.7 Å². The van der Waals surface area contributed by atoms with E-state index in [4.69, 9.17) is 28.8 Å². The third-order valence-electron chi connectivity index (χ3n) is 10.3. The van der Waals surface area contributed by atoms with Crippen LogP contribution in [-0.2, 0) is 51.6 Å². The van der Waals surface area contributed by atoms with Crippen LogP contribution >= 0.6 is 0 Å². The van der Waals surface area contributed by atoms with Crippen LogP contribution in [0.3, 0.4) is 0 Å². The van der Waals surface area contributed by atoms with Crippen molar-refractivity contribution in [2.24, 2.45) is 0 Å². The lowest BCUT2D eigenvalue weighted by atomic mass is 9.97. The molecule has 1 amide bonds. The Bertz CT molecular complexity index is 2160. The zero-order chi connectivity index (χ0) is 41.2. The molecule has 0 atom stereocenters. The quantitative estimate of drug-likeness (QED) is 0.0726. The van der Waals surface area contributed by atoms with Crippen LogP contribution in [0.1, 0.15) is 68.0 Å². The summed E-state index contributed by atoms with van der Waals surface area (Å²) in [6.07, 6.45) is 1.31. The molecule has 58 heavy (non-hydrogen) atoms. The molecule has 0 bridgehead atoms. The molecule has 3 heterocycles. The Hall–Kier alpha value is -4.95. The summed E-state index contributed by atoms with van der Waals surface area (Å²) < 4.78 is 32.9. The number of benzene rings is 3. The standard InChI is InChI=1S/C45H59N5O8/c1-7-56-43(52)42-35(19-12-26-57-39-20-10-15-32-14-8-9-16-33(32)39)34-17-11-18-36(41(34)49(42)22-13-21-47(5)44(53)58-45(2,3)4)40-37(31-51)46-50(25-27-54-6)38(40)30-48-23-28-55-29-24-48/h8-11,14-18,20,51H,7,12-13,19,21-31H2,1-6H3. The van der Waals surface area contributed by atoms with E-state index in [1.165, 1.54) is 0 Å². The van der Waals surface area contributed by atoms with Gasteiger partial charge in [0.05, 0.1) is 63.1 Å². The van der Waals surface area contributed by atoms with Gasteiger partial charge in [-0.25, -0.2) is 9.59 Å². The average Bonchev–Trinajstić information content (AvgIpc) is 3.72. The van der Waals surface area contributed by atoms with E-state index in [9.17, 15) is 14.7 Å². The van der Waals surface area contributed by atoms with Crippen LogP contribution < -0.4 is 4.74 Å². The zero-order valence-electron chi connectivity index (χ0n) is 34.9. The van der Waals surface area contributed by atoms with E-state index >= 15 is 0 Å². The molecule has 1 saturated heterocycles. The topological polar surface area (TPSA) is 130 Å². The Kier molecular flexibility index (Phi) is 14.5. The molecule has 0 unspecified atom stereocenters. The van der Waals surface area contributed by atoms with Gasteiger partial charge in [0.15, 0.2) is 0 Å². The number of amides is 1. The highest BCUT2D eigenvalue weighted by atomic mass is 16.6. The SMILES string of the molecule is CCOC(=O)c1c(CCCOc2cccc3ccccc23)c2cccc(-c3c(CO)nn(CCOC)c3CN3CCOCC3)c2n1CCCN(C)C(=O)OC(C)(C)C. The predicted octanol–water partition coefficient (Wildman–Crippen LogP) is 7.07. The lowest BCUT2D eigenvalue weighted by Gasteiger charge is -2.27. The van der Waals surface area contributed by atoms with Crippen molar-refractivity contribution in [1.82, 2.24) is 24.1 Å². The van der Waals surface area contributed by atoms with Gasteiger partial charge in [-0.3, -0.25) is 9.58 Å². The van der Waals surface area contributed by atoms with E-state index < -0.39 is 17.7 Å². The second kappa shape index (κ2) is 19.7. The van der Waals surface area contributed by atoms with Crippen LogP contribution in [0.2, 0.25) is 0 Å². The van der Waals surface area contributed by atoms with Gasteiger partial charge in [0, 0.05) is 68.8 Å². The average molecular weight is 798 g/mol. The highest BCUT2D eigenvalue weighted by Gasteiger charge is 2.30. The summed E-state index contributed by atoms with van der Waals surface area (Å²) in [7, 11) is 3.39. The van der Waals surface area contributed by atoms with Crippen LogP contribution in [0, 0.1) is 0 Å². The molecule has 1 aliphatic rings. The number of carbonyl (C=O) groups excluding carboxylic acids is 2. The highest BCUT2D eigenvalue weighted by Crippen LogP contribution is 2.39. The van der Waals surface area contributed by atoms with E-state index in [0.29, 0.717) is 83.3 Å². The molecule has 2 aromatic heterocycles. The van der Waals surface area contributed by atoms with Crippen molar-refractivity contribution in [1.29, 1.82) is 0 Å². The Labute approximate surface area is 341 Å². The number of methoxy groups -OCH3 is 1. The fourth-order valence-corrected chi connectivity index (χ4v) is 7.71. The minimum atomic E-state index is -0.628. The van der Waals surface area contributed by atoms with Crippen LogP contribution in [-0.4, -0.2) is 114 Å². The van der Waals surface area contributed by atoms with E-state index in [1.807, 2.05) is 68.8 Å². The maximum Gasteiger partial charge on any atom is 0.410 e. The molecule has 1 aliphatic heterocycles. The number of para-hydroxylation sites is 1. The largest absolute Gasteiger partial charge is 0.493 e. The normalized spacial score (nSPS) is 13.6. The molecule has 0 spiro atoms. The summed E-state index contributed by atoms with van der Waals surface area (Å²) in [4.78, 5) is 31.0. The molecule has 312 valence electrons. The summed E-state index contributed by atoms with van der Waals surface area (Å²) in [5.41, 5.74) is 4.75. The predicted molar refractivity (Wildman–Crippen MR) is 224 cm³/mol. The molecule has 5 aromatic rings. The fraction of sp³-hybridized carbons (Fsp3) is 0.489. The number of fused-ring (bicyclic) bond motifs is 2. The summed E-state index contributed by atoms with van der Waals surface area (Å²) in [5, 5.41) is 18.9. The van der Waals surface area contributed by atoms with Gasteiger partial charge >= 0.3 is 12.1 Å². The molecule has 13 heteroatoms. The second-order valence-electron chi connectivity index (χ2n) is 15.6. The maximum atomic E-state index is 14.2. The van der Waals surface area contributed by atoms with Crippen LogP contribution in [0.5, 0.6) is 5.75 Å². The number of hydrogen-bond acceptors (Lipinski definition) is 10. The van der Waals surface area contributed by atoms with Gasteiger partial charge in [0.1, 0.15) is 17.0 Å². The molecular weight excluding hydrogens is 739 g/mol. The van der Waals surface area contributed by atoms with Gasteiger partial charge in [-0.2, -0.15) is 5.10 Å². The summed E-state index contributed by atoms with van der Waals surface area (Å²) in [6.45, 7) is 12.9. The third kappa shape index (κ3) is 10.0. The first kappa shape index (κ1) is 42.7. The Balaban J connectivity index is 1.45. The number of esters is 1. The number of rotatable bonds is 18. The Morgan fingerprint density at radius 2 is 1.69 bits per heavy atom. The Morgan fingerprint density at radius 3 is 2.43 bits per heavy atom. The van der Waals surface area contributed by atoms with Crippen molar-refractivity contribution in [3.63, 3.8) is 0 Å². The van der Waals surface area contributed by atoms with Gasteiger partial charge in [-0.15, -0.1) is 0 Å². The number of hydrogen-bond donors (Lipinski definition) is 1. The smallest absolute Gasteiger partial charge is 0.410 e. The first-order valence-corrected chi connectivity index (χ1v) is 20.4. The van der Waals surface area contributed by atoms with Crippen molar-refractivity contribution >= 4 is 33.7 Å². The van der Waals surface area contributed by atoms with Crippen molar-refractivity contribution in [2.75, 3.05) is 66.8 Å². The number of carbonyl (C=O) groups is 2. The minimum absolute atomic E-state index is 0.211. The first-order valence-electron chi connectivity index (χ1n) is 20.4. The molecule has 3 aromatic carbocycles. The molecule has 0 saturated carbocycles. The number of aryl methyl sites for hydroxylation is 2. The number of aliphatic hydroxyl groups is 1. The molecular formula is C45H59N5O8. The van der Waals surface area contributed by atoms with Crippen molar-refractivity contribution in [3.05, 3.63) is 83.3 Å². The van der Waals surface area contributed by atoms with Crippen molar-refractivity contribution in [2.45, 2.75) is 78.8 Å². The first-order chi connectivity index (χ1) is 28.0. The molecule has 1 fully saturated rings. The molecule has 6 rings (SSSR count). The fourth-order valence-electron chi connectivity index (χ4n) is 7.71. The maximum absolute atomic E-state index is 14.2. The number of ether oxygens (including phenoxy) is 5. The van der Waals surface area contributed by atoms with Crippen LogP contribution in [0.4, 0.5) is 4.79 Å². The van der Waals surface area contributed by atoms with Gasteiger partial charge < -0.3 is 38.3 Å². The number of aromatic nitrogens is 3. The number of aliphatic hydroxyl groups excluding tert-OH is 1. The molecule has 0 aliphatic carbocycles. The Morgan fingerprint density at radius 1 is 0.948 bits per heavy atom. The number of morpholine rings is 1. The minimum Gasteiger partial charge on any atom is -0.493 e. The summed E-state index contributed by atoms with van der Waals surface area (Å²) in [6, 6.07) is 20.3. The summed E-state index contributed by atoms with van der Waals surface area (Å²) >= 11 is 0. The lowest BCUT2D eigenvalue weighted by molar-refractivity contribution is 0.0294. The van der Waals surface area contributed by atoms with Gasteiger partial charge in [0.2, 0.25) is 0 Å². The second-order valence-corrected chi connectivity index (χ2v) is 15.6. The van der Waals surface area contributed by atoms with E-state index in [0.717, 1.165) is 62.9 Å².